The van der Waals surface area contributed by atoms with Crippen LogP contribution in [0.4, 0.5) is 10.5 Å². The molecule has 0 aliphatic rings. The Kier molecular flexibility index (Phi) is 8.88. The first-order chi connectivity index (χ1) is 15.5. The van der Waals surface area contributed by atoms with E-state index in [1.54, 1.807) is 45.0 Å². The lowest BCUT2D eigenvalue weighted by molar-refractivity contribution is -0.141. The number of aliphatic hydroxyl groups is 1. The van der Waals surface area contributed by atoms with Crippen molar-refractivity contribution in [2.24, 2.45) is 0 Å². The Labute approximate surface area is 194 Å². The SMILES string of the molecule is COC(=O)CNC(=O)[C@H](CO)NC(=O)c1csc(-c2ccc(NC(=O)OC(C)(C)C)cc2)n1. The fourth-order valence-corrected chi connectivity index (χ4v) is 3.22. The summed E-state index contributed by atoms with van der Waals surface area (Å²) in [5.41, 5.74) is 0.693. The summed E-state index contributed by atoms with van der Waals surface area (Å²) in [6.45, 7) is 4.25. The lowest BCUT2D eigenvalue weighted by atomic mass is 10.2. The van der Waals surface area contributed by atoms with Crippen LogP contribution in [0.5, 0.6) is 0 Å². The molecule has 33 heavy (non-hydrogen) atoms. The molecule has 0 radical (unpaired) electrons. The largest absolute Gasteiger partial charge is 0.468 e. The summed E-state index contributed by atoms with van der Waals surface area (Å²) >= 11 is 1.21. The maximum atomic E-state index is 12.4. The minimum absolute atomic E-state index is 0.0603. The first kappa shape index (κ1) is 25.7. The Balaban J connectivity index is 1.99. The van der Waals surface area contributed by atoms with Crippen LogP contribution in [-0.4, -0.2) is 65.9 Å². The topological polar surface area (TPSA) is 156 Å². The second-order valence-corrected chi connectivity index (χ2v) is 8.60. The van der Waals surface area contributed by atoms with Gasteiger partial charge in [0, 0.05) is 16.6 Å². The molecular formula is C21H26N4O7S. The zero-order valence-corrected chi connectivity index (χ0v) is 19.4. The summed E-state index contributed by atoms with van der Waals surface area (Å²) in [7, 11) is 1.17. The number of benzene rings is 1. The van der Waals surface area contributed by atoms with Gasteiger partial charge in [-0.2, -0.15) is 0 Å². The molecule has 1 aromatic carbocycles. The van der Waals surface area contributed by atoms with Crippen molar-refractivity contribution in [3.05, 3.63) is 35.3 Å². The van der Waals surface area contributed by atoms with Gasteiger partial charge in [-0.3, -0.25) is 19.7 Å². The van der Waals surface area contributed by atoms with Gasteiger partial charge in [0.2, 0.25) is 5.91 Å². The van der Waals surface area contributed by atoms with E-state index >= 15 is 0 Å². The van der Waals surface area contributed by atoms with Gasteiger partial charge in [0.15, 0.2) is 0 Å². The minimum Gasteiger partial charge on any atom is -0.468 e. The summed E-state index contributed by atoms with van der Waals surface area (Å²) in [4.78, 5) is 51.7. The fraction of sp³-hybridized carbons (Fsp3) is 0.381. The molecule has 11 nitrogen and oxygen atoms in total. The molecule has 2 aromatic rings. The second-order valence-electron chi connectivity index (χ2n) is 7.74. The van der Waals surface area contributed by atoms with Crippen molar-refractivity contribution in [2.75, 3.05) is 25.6 Å². The molecule has 2 rings (SSSR count). The van der Waals surface area contributed by atoms with Crippen molar-refractivity contribution >= 4 is 40.9 Å². The van der Waals surface area contributed by atoms with E-state index in [2.05, 4.69) is 25.7 Å². The molecule has 1 atom stereocenters. The van der Waals surface area contributed by atoms with Crippen LogP contribution >= 0.6 is 11.3 Å². The Hall–Kier alpha value is -3.51. The van der Waals surface area contributed by atoms with E-state index in [0.29, 0.717) is 16.3 Å². The fourth-order valence-electron chi connectivity index (χ4n) is 2.41. The summed E-state index contributed by atoms with van der Waals surface area (Å²) in [5, 5.41) is 18.7. The second kappa shape index (κ2) is 11.4. The van der Waals surface area contributed by atoms with Crippen molar-refractivity contribution in [3.63, 3.8) is 0 Å². The van der Waals surface area contributed by atoms with E-state index in [4.69, 9.17) is 4.74 Å². The third-order valence-electron chi connectivity index (χ3n) is 3.95. The molecule has 0 bridgehead atoms. The van der Waals surface area contributed by atoms with Crippen LogP contribution in [0.2, 0.25) is 0 Å². The quantitative estimate of drug-likeness (QED) is 0.416. The number of nitrogens with zero attached hydrogens (tertiary/aromatic N) is 1. The summed E-state index contributed by atoms with van der Waals surface area (Å²) in [5.74, 6) is -2.06. The number of hydrogen-bond donors (Lipinski definition) is 4. The summed E-state index contributed by atoms with van der Waals surface area (Å²) in [6.07, 6.45) is -0.572. The van der Waals surface area contributed by atoms with Gasteiger partial charge in [-0.05, 0) is 45.0 Å². The number of methoxy groups -OCH3 is 1. The van der Waals surface area contributed by atoms with Crippen molar-refractivity contribution in [2.45, 2.75) is 32.4 Å². The van der Waals surface area contributed by atoms with Crippen molar-refractivity contribution in [3.8, 4) is 10.6 Å². The van der Waals surface area contributed by atoms with Crippen LogP contribution in [0.1, 0.15) is 31.3 Å². The van der Waals surface area contributed by atoms with Crippen molar-refractivity contribution < 1.29 is 33.8 Å². The van der Waals surface area contributed by atoms with Gasteiger partial charge in [0.25, 0.3) is 5.91 Å². The average Bonchev–Trinajstić information content (AvgIpc) is 3.25. The highest BCUT2D eigenvalue weighted by atomic mass is 32.1. The molecule has 3 amide bonds. The van der Waals surface area contributed by atoms with Crippen LogP contribution < -0.4 is 16.0 Å². The van der Waals surface area contributed by atoms with Crippen molar-refractivity contribution in [1.82, 2.24) is 15.6 Å². The Morgan fingerprint density at radius 3 is 2.39 bits per heavy atom. The van der Waals surface area contributed by atoms with E-state index in [9.17, 15) is 24.3 Å². The molecule has 4 N–H and O–H groups in total. The van der Waals surface area contributed by atoms with Gasteiger partial charge in [0.05, 0.1) is 13.7 Å². The predicted molar refractivity (Wildman–Crippen MR) is 121 cm³/mol. The number of carbonyl (C=O) groups is 4. The number of rotatable bonds is 8. The van der Waals surface area contributed by atoms with E-state index in [1.807, 2.05) is 0 Å². The number of nitrogens with one attached hydrogen (secondary N) is 3. The maximum absolute atomic E-state index is 12.4. The average molecular weight is 479 g/mol. The number of anilines is 1. The van der Waals surface area contributed by atoms with Crippen LogP contribution in [0.15, 0.2) is 29.6 Å². The first-order valence-electron chi connectivity index (χ1n) is 9.84. The van der Waals surface area contributed by atoms with E-state index in [-0.39, 0.29) is 12.2 Å². The Bertz CT molecular complexity index is 999. The Morgan fingerprint density at radius 2 is 1.82 bits per heavy atom. The van der Waals surface area contributed by atoms with Crippen LogP contribution in [0.3, 0.4) is 0 Å². The number of thiazole rings is 1. The van der Waals surface area contributed by atoms with Crippen LogP contribution in [-0.2, 0) is 19.1 Å². The first-order valence-corrected chi connectivity index (χ1v) is 10.7. The van der Waals surface area contributed by atoms with Gasteiger partial charge in [-0.15, -0.1) is 11.3 Å². The zero-order valence-electron chi connectivity index (χ0n) is 18.6. The number of hydrogen-bond acceptors (Lipinski definition) is 9. The molecule has 0 aliphatic heterocycles. The Morgan fingerprint density at radius 1 is 1.15 bits per heavy atom. The number of amides is 3. The van der Waals surface area contributed by atoms with E-state index < -0.39 is 42.1 Å². The lowest BCUT2D eigenvalue weighted by Crippen LogP contribution is -2.50. The summed E-state index contributed by atoms with van der Waals surface area (Å²) in [6, 6.07) is 5.54. The molecular weight excluding hydrogens is 452 g/mol. The highest BCUT2D eigenvalue weighted by molar-refractivity contribution is 7.13. The van der Waals surface area contributed by atoms with Gasteiger partial charge < -0.3 is 25.2 Å². The molecule has 0 fully saturated rings. The molecule has 0 saturated heterocycles. The number of ether oxygens (including phenoxy) is 2. The van der Waals surface area contributed by atoms with Gasteiger partial charge >= 0.3 is 12.1 Å². The molecule has 178 valence electrons. The maximum Gasteiger partial charge on any atom is 0.412 e. The highest BCUT2D eigenvalue weighted by Crippen LogP contribution is 2.25. The monoisotopic (exact) mass is 478 g/mol. The number of esters is 1. The number of aromatic nitrogens is 1. The number of carbonyl (C=O) groups excluding carboxylic acids is 4. The molecule has 12 heteroatoms. The summed E-state index contributed by atoms with van der Waals surface area (Å²) < 4.78 is 9.62. The molecule has 0 spiro atoms. The zero-order chi connectivity index (χ0) is 24.6. The number of aliphatic hydroxyl groups excluding tert-OH is 1. The minimum atomic E-state index is -1.26. The molecule has 0 aliphatic carbocycles. The third-order valence-corrected chi connectivity index (χ3v) is 4.84. The standard InChI is InChI=1S/C21H26N4O7S/c1-21(2,3)32-20(30)23-13-7-5-12(6-8-13)19-25-15(11-33-19)18(29)24-14(10-26)17(28)22-9-16(27)31-4/h5-8,11,14,26H,9-10H2,1-4H3,(H,22,28)(H,23,30)(H,24,29)/t14-/m0/s1. The third kappa shape index (κ3) is 8.16. The lowest BCUT2D eigenvalue weighted by Gasteiger charge is -2.19. The van der Waals surface area contributed by atoms with Crippen molar-refractivity contribution in [1.29, 1.82) is 0 Å². The van der Waals surface area contributed by atoms with Gasteiger partial charge in [-0.1, -0.05) is 0 Å². The van der Waals surface area contributed by atoms with Crippen LogP contribution in [0.25, 0.3) is 10.6 Å². The predicted octanol–water partition coefficient (Wildman–Crippen LogP) is 1.54. The van der Waals surface area contributed by atoms with E-state index in [0.717, 1.165) is 0 Å². The molecule has 1 aromatic heterocycles. The molecule has 0 saturated carbocycles. The highest BCUT2D eigenvalue weighted by Gasteiger charge is 2.23. The van der Waals surface area contributed by atoms with E-state index in [1.165, 1.54) is 23.8 Å². The molecule has 1 heterocycles. The van der Waals surface area contributed by atoms with Gasteiger partial charge in [0.1, 0.15) is 28.9 Å². The normalized spacial score (nSPS) is 11.8. The molecule has 0 unspecified atom stereocenters. The smallest absolute Gasteiger partial charge is 0.412 e. The van der Waals surface area contributed by atoms with Gasteiger partial charge in [-0.25, -0.2) is 9.78 Å². The van der Waals surface area contributed by atoms with Crippen LogP contribution in [0, 0.1) is 0 Å².